The Morgan fingerprint density at radius 3 is 2.50 bits per heavy atom. The average molecular weight is 519 g/mol. The molecule has 0 aliphatic heterocycles. The molecule has 2 aromatic heterocycles. The molecule has 0 saturated heterocycles. The van der Waals surface area contributed by atoms with Gasteiger partial charge in [-0.2, -0.15) is 4.68 Å². The van der Waals surface area contributed by atoms with Crippen molar-refractivity contribution in [3.05, 3.63) is 90.1 Å². The van der Waals surface area contributed by atoms with E-state index in [4.69, 9.17) is 16.7 Å². The van der Waals surface area contributed by atoms with E-state index in [1.807, 2.05) is 0 Å². The van der Waals surface area contributed by atoms with E-state index in [2.05, 4.69) is 21.0 Å². The van der Waals surface area contributed by atoms with Gasteiger partial charge in [-0.15, -0.1) is 0 Å². The maximum absolute atomic E-state index is 13.5. The molecule has 1 aromatic carbocycles. The second-order valence-corrected chi connectivity index (χ2v) is 8.40. The number of anilines is 1. The summed E-state index contributed by atoms with van der Waals surface area (Å²) in [6, 6.07) is 6.48. The highest BCUT2D eigenvalue weighted by molar-refractivity contribution is 6.31. The molecule has 11 nitrogen and oxygen atoms in total. The molecule has 13 heteroatoms. The van der Waals surface area contributed by atoms with Gasteiger partial charge in [0.1, 0.15) is 18.2 Å². The number of nitrogens with zero attached hydrogens (tertiary/aromatic N) is 3. The van der Waals surface area contributed by atoms with Gasteiger partial charge in [-0.1, -0.05) is 11.6 Å². The maximum Gasteiger partial charge on any atom is 0.410 e. The number of rotatable bonds is 8. The van der Waals surface area contributed by atoms with Gasteiger partial charge in [0.05, 0.1) is 6.54 Å². The summed E-state index contributed by atoms with van der Waals surface area (Å²) in [5.41, 5.74) is 3.77. The molecule has 0 fully saturated rings. The van der Waals surface area contributed by atoms with E-state index in [1.165, 1.54) is 31.2 Å². The predicted octanol–water partition coefficient (Wildman–Crippen LogP) is 2.27. The predicted molar refractivity (Wildman–Crippen MR) is 131 cm³/mol. The number of carboxylic acid groups (broad SMARTS) is 1. The highest BCUT2D eigenvalue weighted by Crippen LogP contribution is 2.17. The Hall–Kier alpha value is -4.19. The van der Waals surface area contributed by atoms with Crippen LogP contribution in [0.15, 0.2) is 39.9 Å². The van der Waals surface area contributed by atoms with Gasteiger partial charge in [-0.25, -0.2) is 19.0 Å². The Bertz CT molecular complexity index is 1430. The maximum atomic E-state index is 13.5. The number of amides is 2. The molecule has 0 bridgehead atoms. The first kappa shape index (κ1) is 26.4. The number of hydrogen-bond donors (Lipinski definition) is 4. The van der Waals surface area contributed by atoms with Crippen LogP contribution >= 0.6 is 11.6 Å². The van der Waals surface area contributed by atoms with Crippen LogP contribution in [-0.2, 0) is 24.4 Å². The third-order valence-corrected chi connectivity index (χ3v) is 5.76. The second-order valence-electron chi connectivity index (χ2n) is 7.99. The molecule has 0 unspecified atom stereocenters. The lowest BCUT2D eigenvalue weighted by molar-refractivity contribution is -0.121. The van der Waals surface area contributed by atoms with Crippen LogP contribution < -0.4 is 27.3 Å². The number of carbonyl (C=O) groups is 2. The van der Waals surface area contributed by atoms with Crippen LogP contribution in [0, 0.1) is 26.6 Å². The molecular formula is C23H24ClFN6O5. The van der Waals surface area contributed by atoms with E-state index >= 15 is 0 Å². The third-order valence-electron chi connectivity index (χ3n) is 5.39. The molecule has 0 aliphatic rings. The quantitative estimate of drug-likeness (QED) is 0.357. The molecule has 3 rings (SSSR count). The van der Waals surface area contributed by atoms with Gasteiger partial charge in [-0.05, 0) is 61.7 Å². The van der Waals surface area contributed by atoms with Gasteiger partial charge in [-0.3, -0.25) is 19.5 Å². The van der Waals surface area contributed by atoms with E-state index in [0.717, 1.165) is 9.24 Å². The lowest BCUT2D eigenvalue weighted by Crippen LogP contribution is -2.46. The minimum absolute atomic E-state index is 0.0978. The normalized spacial score (nSPS) is 10.7. The number of benzene rings is 1. The number of carbonyl (C=O) groups excluding carboxylic acids is 1. The van der Waals surface area contributed by atoms with Crippen LogP contribution in [0.4, 0.5) is 15.0 Å². The fourth-order valence-electron chi connectivity index (χ4n) is 3.55. The Labute approximate surface area is 209 Å². The number of halogens is 2. The first-order valence-electron chi connectivity index (χ1n) is 10.7. The molecule has 2 heterocycles. The fourth-order valence-corrected chi connectivity index (χ4v) is 3.74. The summed E-state index contributed by atoms with van der Waals surface area (Å²) in [6.45, 7) is 4.60. The third kappa shape index (κ3) is 6.27. The monoisotopic (exact) mass is 518 g/mol. The van der Waals surface area contributed by atoms with Crippen LogP contribution in [0.3, 0.4) is 0 Å². The first-order valence-corrected chi connectivity index (χ1v) is 11.1. The van der Waals surface area contributed by atoms with Crippen LogP contribution in [0.1, 0.15) is 28.1 Å². The van der Waals surface area contributed by atoms with Gasteiger partial charge in [0, 0.05) is 29.0 Å². The van der Waals surface area contributed by atoms with Crippen molar-refractivity contribution >= 4 is 29.4 Å². The SMILES string of the molecule is Cc1cc(NC(=O)O)nc(C)c1CNC(=O)Cn1c(C)cc(=O)n(NCc2cc(F)ccc2Cl)c1=O. The molecule has 4 N–H and O–H groups in total. The Balaban J connectivity index is 1.74. The van der Waals surface area contributed by atoms with Gasteiger partial charge in [0.2, 0.25) is 5.91 Å². The van der Waals surface area contributed by atoms with Crippen molar-refractivity contribution < 1.29 is 19.1 Å². The summed E-state index contributed by atoms with van der Waals surface area (Å²) < 4.78 is 15.4. The first-order chi connectivity index (χ1) is 17.0. The zero-order valence-electron chi connectivity index (χ0n) is 19.7. The minimum atomic E-state index is -1.24. The second kappa shape index (κ2) is 11.0. The van der Waals surface area contributed by atoms with E-state index in [1.54, 1.807) is 19.9 Å². The number of hydrogen-bond acceptors (Lipinski definition) is 6. The van der Waals surface area contributed by atoms with Gasteiger partial charge in [0.15, 0.2) is 0 Å². The Kier molecular flexibility index (Phi) is 8.10. The lowest BCUT2D eigenvalue weighted by atomic mass is 10.1. The highest BCUT2D eigenvalue weighted by Gasteiger charge is 2.14. The smallest absolute Gasteiger partial charge is 0.410 e. The minimum Gasteiger partial charge on any atom is -0.465 e. The molecule has 0 radical (unpaired) electrons. The topological polar surface area (TPSA) is 147 Å². The molecule has 36 heavy (non-hydrogen) atoms. The zero-order chi connectivity index (χ0) is 26.6. The Morgan fingerprint density at radius 2 is 1.83 bits per heavy atom. The molecule has 190 valence electrons. The van der Waals surface area contributed by atoms with Crippen molar-refractivity contribution in [2.45, 2.75) is 40.4 Å². The van der Waals surface area contributed by atoms with Crippen molar-refractivity contribution in [2.75, 3.05) is 10.7 Å². The van der Waals surface area contributed by atoms with Gasteiger partial charge < -0.3 is 15.8 Å². The summed E-state index contributed by atoms with van der Waals surface area (Å²) in [5, 5.41) is 14.0. The van der Waals surface area contributed by atoms with Crippen LogP contribution in [0.25, 0.3) is 0 Å². The average Bonchev–Trinajstić information content (AvgIpc) is 2.77. The Morgan fingerprint density at radius 1 is 1.11 bits per heavy atom. The van der Waals surface area contributed by atoms with Crippen molar-refractivity contribution in [3.8, 4) is 0 Å². The van der Waals surface area contributed by atoms with E-state index < -0.39 is 29.1 Å². The van der Waals surface area contributed by atoms with Gasteiger partial charge in [0.25, 0.3) is 5.56 Å². The molecule has 0 spiro atoms. The zero-order valence-corrected chi connectivity index (χ0v) is 20.4. The molecule has 0 atom stereocenters. The van der Waals surface area contributed by atoms with Crippen molar-refractivity contribution in [1.82, 2.24) is 19.5 Å². The largest absolute Gasteiger partial charge is 0.465 e. The molecule has 3 aromatic rings. The number of aromatic nitrogens is 3. The van der Waals surface area contributed by atoms with E-state index in [0.29, 0.717) is 22.4 Å². The fraction of sp³-hybridized carbons (Fsp3) is 0.261. The summed E-state index contributed by atoms with van der Waals surface area (Å²) in [5.74, 6) is -0.843. The van der Waals surface area contributed by atoms with Crippen LogP contribution in [0.5, 0.6) is 0 Å². The van der Waals surface area contributed by atoms with Crippen molar-refractivity contribution in [2.24, 2.45) is 0 Å². The number of nitrogens with one attached hydrogen (secondary N) is 3. The van der Waals surface area contributed by atoms with Crippen molar-refractivity contribution in [1.29, 1.82) is 0 Å². The lowest BCUT2D eigenvalue weighted by Gasteiger charge is -2.16. The van der Waals surface area contributed by atoms with E-state index in [9.17, 15) is 23.6 Å². The number of aryl methyl sites for hydroxylation is 3. The summed E-state index contributed by atoms with van der Waals surface area (Å²) in [4.78, 5) is 52.9. The molecule has 0 saturated carbocycles. The number of pyridine rings is 1. The van der Waals surface area contributed by atoms with E-state index in [-0.39, 0.29) is 36.2 Å². The molecule has 2 amide bonds. The summed E-state index contributed by atoms with van der Waals surface area (Å²) >= 11 is 6.04. The van der Waals surface area contributed by atoms with Crippen LogP contribution in [-0.4, -0.2) is 31.3 Å². The summed E-state index contributed by atoms with van der Waals surface area (Å²) in [7, 11) is 0. The van der Waals surface area contributed by atoms with Crippen LogP contribution in [0.2, 0.25) is 5.02 Å². The summed E-state index contributed by atoms with van der Waals surface area (Å²) in [6.07, 6.45) is -1.24. The molecule has 0 aliphatic carbocycles. The standard InChI is InChI=1S/C23H24ClFN6O5/c1-12-6-19(29-22(34)35)28-14(3)17(12)10-26-20(32)11-30-13(2)7-21(33)31(23(30)36)27-9-15-8-16(25)4-5-18(15)24/h4-8,27H,9-11H2,1-3H3,(H,26,32)(H,28,29)(H,34,35). The molecular weight excluding hydrogens is 495 g/mol. The van der Waals surface area contributed by atoms with Gasteiger partial charge >= 0.3 is 11.8 Å². The van der Waals surface area contributed by atoms with Crippen molar-refractivity contribution in [3.63, 3.8) is 0 Å². The highest BCUT2D eigenvalue weighted by atomic mass is 35.5.